The summed E-state index contributed by atoms with van der Waals surface area (Å²) >= 11 is 3.41. The molecule has 0 saturated heterocycles. The van der Waals surface area contributed by atoms with E-state index in [0.717, 1.165) is 23.0 Å². The van der Waals surface area contributed by atoms with Gasteiger partial charge < -0.3 is 5.43 Å². The van der Waals surface area contributed by atoms with Crippen molar-refractivity contribution in [1.82, 2.24) is 10.4 Å². The number of nitrogens with two attached hydrogens (primary N) is 1. The second-order valence-corrected chi connectivity index (χ2v) is 4.04. The van der Waals surface area contributed by atoms with Gasteiger partial charge in [-0.2, -0.15) is 0 Å². The summed E-state index contributed by atoms with van der Waals surface area (Å²) in [5.41, 5.74) is 3.35. The van der Waals surface area contributed by atoms with Crippen molar-refractivity contribution < 1.29 is 0 Å². The number of hydrazine groups is 1. The van der Waals surface area contributed by atoms with Gasteiger partial charge in [0.15, 0.2) is 5.84 Å². The zero-order valence-electron chi connectivity index (χ0n) is 7.57. The van der Waals surface area contributed by atoms with Crippen molar-refractivity contribution in [1.29, 1.82) is 0 Å². The first-order valence-electron chi connectivity index (χ1n) is 4.46. The summed E-state index contributed by atoms with van der Waals surface area (Å²) < 4.78 is 0.900. The van der Waals surface area contributed by atoms with E-state index in [1.807, 2.05) is 12.1 Å². The monoisotopic (exact) mass is 254 g/mol. The summed E-state index contributed by atoms with van der Waals surface area (Å²) in [6, 6.07) is 4.20. The van der Waals surface area contributed by atoms with Crippen LogP contribution in [0.3, 0.4) is 0 Å². The Bertz CT molecular complexity index is 360. The maximum atomic E-state index is 5.41. The Morgan fingerprint density at radius 1 is 1.64 bits per heavy atom. The average Bonchev–Trinajstić information content (AvgIpc) is 2.99. The van der Waals surface area contributed by atoms with Crippen molar-refractivity contribution in [2.75, 3.05) is 0 Å². The Labute approximate surface area is 90.7 Å². The first-order valence-corrected chi connectivity index (χ1v) is 5.26. The van der Waals surface area contributed by atoms with Gasteiger partial charge >= 0.3 is 0 Å². The van der Waals surface area contributed by atoms with Crippen LogP contribution >= 0.6 is 15.9 Å². The Kier molecular flexibility index (Phi) is 2.79. The molecule has 0 aliphatic heterocycles. The normalized spacial score (nSPS) is 16.9. The summed E-state index contributed by atoms with van der Waals surface area (Å²) in [5.74, 6) is 6.06. The molecule has 1 saturated carbocycles. The first-order chi connectivity index (χ1) is 6.81. The number of aliphatic imine (C=N–C) groups is 1. The molecule has 0 bridgehead atoms. The summed E-state index contributed by atoms with van der Waals surface area (Å²) in [6.07, 6.45) is 4.02. The zero-order chi connectivity index (χ0) is 9.97. The van der Waals surface area contributed by atoms with Gasteiger partial charge in [0.1, 0.15) is 5.69 Å². The van der Waals surface area contributed by atoms with Crippen molar-refractivity contribution >= 4 is 21.8 Å². The van der Waals surface area contributed by atoms with Crippen LogP contribution < -0.4 is 11.3 Å². The van der Waals surface area contributed by atoms with Crippen molar-refractivity contribution in [2.45, 2.75) is 18.9 Å². The number of halogens is 1. The fourth-order valence-electron chi connectivity index (χ4n) is 1.11. The molecule has 1 aliphatic carbocycles. The highest BCUT2D eigenvalue weighted by Gasteiger charge is 2.22. The van der Waals surface area contributed by atoms with Gasteiger partial charge in [-0.1, -0.05) is 0 Å². The molecular weight excluding hydrogens is 244 g/mol. The van der Waals surface area contributed by atoms with Gasteiger partial charge in [0.25, 0.3) is 0 Å². The number of hydrogen-bond acceptors (Lipinski definition) is 3. The van der Waals surface area contributed by atoms with Crippen molar-refractivity contribution in [3.05, 3.63) is 28.5 Å². The molecule has 1 heterocycles. The second-order valence-electron chi connectivity index (χ2n) is 3.19. The molecule has 0 atom stereocenters. The summed E-state index contributed by atoms with van der Waals surface area (Å²) in [5, 5.41) is 0. The van der Waals surface area contributed by atoms with E-state index in [9.17, 15) is 0 Å². The zero-order valence-corrected chi connectivity index (χ0v) is 9.16. The van der Waals surface area contributed by atoms with Crippen LogP contribution in [-0.4, -0.2) is 16.9 Å². The third-order valence-corrected chi connectivity index (χ3v) is 2.62. The fourth-order valence-corrected chi connectivity index (χ4v) is 1.56. The molecule has 0 amide bonds. The SMILES string of the molecule is NNC(=NC1CC1)c1ncccc1Br. The van der Waals surface area contributed by atoms with Crippen LogP contribution in [0.5, 0.6) is 0 Å². The highest BCUT2D eigenvalue weighted by atomic mass is 79.9. The minimum absolute atomic E-state index is 0.426. The van der Waals surface area contributed by atoms with Crippen molar-refractivity contribution in [3.63, 3.8) is 0 Å². The molecular formula is C9H11BrN4. The van der Waals surface area contributed by atoms with E-state index in [0.29, 0.717) is 11.9 Å². The lowest BCUT2D eigenvalue weighted by molar-refractivity contribution is 0.960. The molecule has 0 aromatic carbocycles. The highest BCUT2D eigenvalue weighted by Crippen LogP contribution is 2.24. The lowest BCUT2D eigenvalue weighted by Gasteiger charge is -2.05. The lowest BCUT2D eigenvalue weighted by atomic mass is 10.3. The molecule has 1 aliphatic rings. The quantitative estimate of drug-likeness (QED) is 0.361. The number of pyridine rings is 1. The average molecular weight is 255 g/mol. The molecule has 1 aromatic heterocycles. The molecule has 5 heteroatoms. The van der Waals surface area contributed by atoms with E-state index in [1.165, 1.54) is 0 Å². The van der Waals surface area contributed by atoms with E-state index in [-0.39, 0.29) is 0 Å². The van der Waals surface area contributed by atoms with Gasteiger partial charge in [0.05, 0.1) is 6.04 Å². The van der Waals surface area contributed by atoms with Crippen LogP contribution in [0, 0.1) is 0 Å². The highest BCUT2D eigenvalue weighted by molar-refractivity contribution is 9.10. The smallest absolute Gasteiger partial charge is 0.162 e. The number of nitrogens with one attached hydrogen (secondary N) is 1. The van der Waals surface area contributed by atoms with Gasteiger partial charge in [-0.15, -0.1) is 0 Å². The van der Waals surface area contributed by atoms with Crippen LogP contribution in [0.15, 0.2) is 27.8 Å². The molecule has 3 N–H and O–H groups in total. The molecule has 0 unspecified atom stereocenters. The fraction of sp³-hybridized carbons (Fsp3) is 0.333. The summed E-state index contributed by atoms with van der Waals surface area (Å²) in [4.78, 5) is 8.64. The number of amidine groups is 1. The van der Waals surface area contributed by atoms with Gasteiger partial charge in [0.2, 0.25) is 0 Å². The molecule has 1 aromatic rings. The minimum Gasteiger partial charge on any atom is -0.307 e. The predicted molar refractivity (Wildman–Crippen MR) is 58.8 cm³/mol. The summed E-state index contributed by atoms with van der Waals surface area (Å²) in [6.45, 7) is 0. The number of aromatic nitrogens is 1. The van der Waals surface area contributed by atoms with Gasteiger partial charge in [-0.3, -0.25) is 9.98 Å². The number of hydrogen-bond donors (Lipinski definition) is 2. The second kappa shape index (κ2) is 4.06. The van der Waals surface area contributed by atoms with E-state index in [2.05, 4.69) is 31.3 Å². The van der Waals surface area contributed by atoms with Gasteiger partial charge in [-0.25, -0.2) is 5.84 Å². The van der Waals surface area contributed by atoms with Crippen LogP contribution in [0.2, 0.25) is 0 Å². The third-order valence-electron chi connectivity index (χ3n) is 1.98. The molecule has 14 heavy (non-hydrogen) atoms. The van der Waals surface area contributed by atoms with Crippen LogP contribution in [0.1, 0.15) is 18.5 Å². The molecule has 0 spiro atoms. The molecule has 4 nitrogen and oxygen atoms in total. The molecule has 2 rings (SSSR count). The predicted octanol–water partition coefficient (Wildman–Crippen LogP) is 1.22. The van der Waals surface area contributed by atoms with E-state index in [4.69, 9.17) is 5.84 Å². The van der Waals surface area contributed by atoms with E-state index in [1.54, 1.807) is 6.20 Å². The van der Waals surface area contributed by atoms with Crippen molar-refractivity contribution in [3.8, 4) is 0 Å². The van der Waals surface area contributed by atoms with Gasteiger partial charge in [-0.05, 0) is 40.9 Å². The number of nitrogens with zero attached hydrogens (tertiary/aromatic N) is 2. The lowest BCUT2D eigenvalue weighted by Crippen LogP contribution is -2.32. The van der Waals surface area contributed by atoms with Crippen LogP contribution in [0.4, 0.5) is 0 Å². The Hall–Kier alpha value is -0.940. The maximum Gasteiger partial charge on any atom is 0.162 e. The van der Waals surface area contributed by atoms with Gasteiger partial charge in [0, 0.05) is 10.7 Å². The van der Waals surface area contributed by atoms with Crippen LogP contribution in [-0.2, 0) is 0 Å². The van der Waals surface area contributed by atoms with E-state index >= 15 is 0 Å². The Balaban J connectivity index is 2.30. The van der Waals surface area contributed by atoms with Crippen LogP contribution in [0.25, 0.3) is 0 Å². The molecule has 0 radical (unpaired) electrons. The topological polar surface area (TPSA) is 63.3 Å². The maximum absolute atomic E-state index is 5.41. The molecule has 1 fully saturated rings. The minimum atomic E-state index is 0.426. The third kappa shape index (κ3) is 2.10. The first kappa shape index (κ1) is 9.61. The van der Waals surface area contributed by atoms with Crippen molar-refractivity contribution in [2.24, 2.45) is 10.8 Å². The number of rotatable bonds is 2. The Morgan fingerprint density at radius 2 is 2.43 bits per heavy atom. The Morgan fingerprint density at radius 3 is 3.00 bits per heavy atom. The standard InChI is InChI=1S/C9H11BrN4/c10-7-2-1-5-12-8(7)9(14-11)13-6-3-4-6/h1-2,5-6H,3-4,11H2,(H,13,14). The van der Waals surface area contributed by atoms with E-state index < -0.39 is 0 Å². The summed E-state index contributed by atoms with van der Waals surface area (Å²) in [7, 11) is 0. The molecule has 74 valence electrons. The largest absolute Gasteiger partial charge is 0.307 e.